The van der Waals surface area contributed by atoms with Gasteiger partial charge in [-0.25, -0.2) is 0 Å². The molecule has 2 aromatic rings. The standard InChI is InChI=1S/C9H7ClN2O/c10-4-8-6-12-13-9(8)7-2-1-3-11-5-7/h1-3,5-6H,4H2. The lowest BCUT2D eigenvalue weighted by Crippen LogP contribution is -1.80. The third-order valence-electron chi connectivity index (χ3n) is 1.71. The van der Waals surface area contributed by atoms with Crippen LogP contribution >= 0.6 is 11.6 Å². The third-order valence-corrected chi connectivity index (χ3v) is 2.00. The van der Waals surface area contributed by atoms with Crippen molar-refractivity contribution in [3.8, 4) is 11.3 Å². The van der Waals surface area contributed by atoms with E-state index in [1.165, 1.54) is 0 Å². The summed E-state index contributed by atoms with van der Waals surface area (Å²) in [7, 11) is 0. The predicted octanol–water partition coefficient (Wildman–Crippen LogP) is 2.48. The zero-order chi connectivity index (χ0) is 9.10. The molecular weight excluding hydrogens is 188 g/mol. The Bertz CT molecular complexity index is 386. The quantitative estimate of drug-likeness (QED) is 0.690. The van der Waals surface area contributed by atoms with Gasteiger partial charge in [-0.15, -0.1) is 11.6 Å². The number of rotatable bonds is 2. The van der Waals surface area contributed by atoms with Crippen LogP contribution in [0.4, 0.5) is 0 Å². The lowest BCUT2D eigenvalue weighted by atomic mass is 10.1. The molecule has 0 aliphatic heterocycles. The monoisotopic (exact) mass is 194 g/mol. The fraction of sp³-hybridized carbons (Fsp3) is 0.111. The fourth-order valence-corrected chi connectivity index (χ4v) is 1.28. The lowest BCUT2D eigenvalue weighted by molar-refractivity contribution is 0.431. The van der Waals surface area contributed by atoms with Gasteiger partial charge >= 0.3 is 0 Å². The van der Waals surface area contributed by atoms with E-state index in [4.69, 9.17) is 16.1 Å². The highest BCUT2D eigenvalue weighted by Crippen LogP contribution is 2.23. The van der Waals surface area contributed by atoms with Crippen molar-refractivity contribution in [2.45, 2.75) is 5.88 Å². The van der Waals surface area contributed by atoms with Crippen LogP contribution < -0.4 is 0 Å². The number of hydrogen-bond acceptors (Lipinski definition) is 3. The third kappa shape index (κ3) is 1.55. The zero-order valence-electron chi connectivity index (χ0n) is 6.77. The number of pyridine rings is 1. The van der Waals surface area contributed by atoms with E-state index in [1.807, 2.05) is 12.1 Å². The molecule has 0 bridgehead atoms. The normalized spacial score (nSPS) is 10.2. The summed E-state index contributed by atoms with van der Waals surface area (Å²) >= 11 is 5.70. The van der Waals surface area contributed by atoms with Crippen molar-refractivity contribution in [3.05, 3.63) is 36.3 Å². The molecule has 0 amide bonds. The van der Waals surface area contributed by atoms with Gasteiger partial charge in [0, 0.05) is 23.5 Å². The van der Waals surface area contributed by atoms with Gasteiger partial charge in [0.05, 0.1) is 12.1 Å². The minimum Gasteiger partial charge on any atom is -0.356 e. The van der Waals surface area contributed by atoms with E-state index in [-0.39, 0.29) is 0 Å². The van der Waals surface area contributed by atoms with E-state index in [0.717, 1.165) is 11.1 Å². The molecule has 4 heteroatoms. The minimum atomic E-state index is 0.397. The van der Waals surface area contributed by atoms with Crippen molar-refractivity contribution >= 4 is 11.6 Å². The summed E-state index contributed by atoms with van der Waals surface area (Å²) in [4.78, 5) is 3.99. The van der Waals surface area contributed by atoms with Crippen LogP contribution in [-0.4, -0.2) is 10.1 Å². The van der Waals surface area contributed by atoms with Crippen molar-refractivity contribution in [1.82, 2.24) is 10.1 Å². The van der Waals surface area contributed by atoms with Crippen LogP contribution in [0.2, 0.25) is 0 Å². The van der Waals surface area contributed by atoms with E-state index in [9.17, 15) is 0 Å². The first-order chi connectivity index (χ1) is 6.42. The van der Waals surface area contributed by atoms with E-state index >= 15 is 0 Å². The number of alkyl halides is 1. The molecule has 0 unspecified atom stereocenters. The van der Waals surface area contributed by atoms with Crippen molar-refractivity contribution in [1.29, 1.82) is 0 Å². The van der Waals surface area contributed by atoms with Gasteiger partial charge in [0.2, 0.25) is 0 Å². The first-order valence-electron chi connectivity index (χ1n) is 3.81. The summed E-state index contributed by atoms with van der Waals surface area (Å²) in [5, 5.41) is 3.68. The summed E-state index contributed by atoms with van der Waals surface area (Å²) in [6, 6.07) is 3.75. The van der Waals surface area contributed by atoms with Gasteiger partial charge in [0.25, 0.3) is 0 Å². The van der Waals surface area contributed by atoms with Gasteiger partial charge in [0.1, 0.15) is 0 Å². The Morgan fingerprint density at radius 1 is 1.38 bits per heavy atom. The Kier molecular flexibility index (Phi) is 2.27. The van der Waals surface area contributed by atoms with E-state index in [1.54, 1.807) is 18.6 Å². The molecule has 3 nitrogen and oxygen atoms in total. The maximum atomic E-state index is 5.70. The first kappa shape index (κ1) is 8.26. The lowest BCUT2D eigenvalue weighted by Gasteiger charge is -1.95. The van der Waals surface area contributed by atoms with Gasteiger partial charge < -0.3 is 4.52 Å². The molecular formula is C9H7ClN2O. The van der Waals surface area contributed by atoms with Crippen LogP contribution in [0, 0.1) is 0 Å². The highest BCUT2D eigenvalue weighted by molar-refractivity contribution is 6.17. The molecule has 0 aliphatic rings. The summed E-state index contributed by atoms with van der Waals surface area (Å²) in [6.45, 7) is 0. The average molecular weight is 195 g/mol. The highest BCUT2D eigenvalue weighted by Gasteiger charge is 2.08. The fourth-order valence-electron chi connectivity index (χ4n) is 1.09. The van der Waals surface area contributed by atoms with Gasteiger partial charge in [-0.2, -0.15) is 0 Å². The second-order valence-electron chi connectivity index (χ2n) is 2.56. The zero-order valence-corrected chi connectivity index (χ0v) is 7.53. The molecule has 0 saturated carbocycles. The smallest absolute Gasteiger partial charge is 0.172 e. The first-order valence-corrected chi connectivity index (χ1v) is 4.35. The van der Waals surface area contributed by atoms with Gasteiger partial charge in [-0.05, 0) is 12.1 Å². The van der Waals surface area contributed by atoms with Crippen molar-refractivity contribution < 1.29 is 4.52 Å². The molecule has 0 fully saturated rings. The summed E-state index contributed by atoms with van der Waals surface area (Å²) < 4.78 is 5.07. The van der Waals surface area contributed by atoms with E-state index < -0.39 is 0 Å². The molecule has 0 aromatic carbocycles. The second-order valence-corrected chi connectivity index (χ2v) is 2.82. The number of aromatic nitrogens is 2. The molecule has 13 heavy (non-hydrogen) atoms. The molecule has 0 aliphatic carbocycles. The molecule has 0 saturated heterocycles. The Balaban J connectivity index is 2.47. The van der Waals surface area contributed by atoms with Crippen molar-refractivity contribution in [2.75, 3.05) is 0 Å². The summed E-state index contributed by atoms with van der Waals surface area (Å²) in [6.07, 6.45) is 5.05. The van der Waals surface area contributed by atoms with Gasteiger partial charge in [0.15, 0.2) is 5.76 Å². The van der Waals surface area contributed by atoms with Crippen LogP contribution in [0.15, 0.2) is 35.2 Å². The predicted molar refractivity (Wildman–Crippen MR) is 49.3 cm³/mol. The minimum absolute atomic E-state index is 0.397. The van der Waals surface area contributed by atoms with Crippen LogP contribution in [0.3, 0.4) is 0 Å². The van der Waals surface area contributed by atoms with E-state index in [2.05, 4.69) is 10.1 Å². The average Bonchev–Trinajstić information content (AvgIpc) is 2.67. The Hall–Kier alpha value is -1.35. The van der Waals surface area contributed by atoms with Crippen molar-refractivity contribution in [3.63, 3.8) is 0 Å². The van der Waals surface area contributed by atoms with Gasteiger partial charge in [-0.1, -0.05) is 5.16 Å². The molecule has 0 radical (unpaired) electrons. The summed E-state index contributed by atoms with van der Waals surface area (Å²) in [5.74, 6) is 1.09. The van der Waals surface area contributed by atoms with E-state index in [0.29, 0.717) is 11.6 Å². The number of halogens is 1. The topological polar surface area (TPSA) is 38.9 Å². The Morgan fingerprint density at radius 2 is 2.31 bits per heavy atom. The van der Waals surface area contributed by atoms with Crippen LogP contribution in [-0.2, 0) is 5.88 Å². The number of hydrogen-bond donors (Lipinski definition) is 0. The summed E-state index contributed by atoms with van der Waals surface area (Å²) in [5.41, 5.74) is 1.78. The molecule has 2 rings (SSSR count). The Morgan fingerprint density at radius 3 is 3.00 bits per heavy atom. The molecule has 0 N–H and O–H groups in total. The van der Waals surface area contributed by atoms with Crippen LogP contribution in [0.25, 0.3) is 11.3 Å². The molecule has 2 aromatic heterocycles. The second kappa shape index (κ2) is 3.58. The molecule has 0 atom stereocenters. The van der Waals surface area contributed by atoms with Crippen molar-refractivity contribution in [2.24, 2.45) is 0 Å². The Labute approximate surface area is 80.3 Å². The SMILES string of the molecule is ClCc1cnoc1-c1cccnc1. The van der Waals surface area contributed by atoms with Crippen LogP contribution in [0.1, 0.15) is 5.56 Å². The molecule has 0 spiro atoms. The number of nitrogens with zero attached hydrogens (tertiary/aromatic N) is 2. The van der Waals surface area contributed by atoms with Crippen LogP contribution in [0.5, 0.6) is 0 Å². The maximum Gasteiger partial charge on any atom is 0.172 e. The molecule has 66 valence electrons. The largest absolute Gasteiger partial charge is 0.356 e. The van der Waals surface area contributed by atoms with Gasteiger partial charge in [-0.3, -0.25) is 4.98 Å². The molecule has 2 heterocycles. The highest BCUT2D eigenvalue weighted by atomic mass is 35.5. The maximum absolute atomic E-state index is 5.70.